The molecule has 1 heterocycles. The van der Waals surface area contributed by atoms with E-state index < -0.39 is 6.10 Å². The van der Waals surface area contributed by atoms with E-state index in [1.165, 1.54) is 0 Å². The van der Waals surface area contributed by atoms with Crippen molar-refractivity contribution in [3.8, 4) is 0 Å². The smallest absolute Gasteiger partial charge is 0.268 e. The lowest BCUT2D eigenvalue weighted by molar-refractivity contribution is 0.0230. The van der Waals surface area contributed by atoms with E-state index in [-0.39, 0.29) is 5.91 Å². The average Bonchev–Trinajstić information content (AvgIpc) is 2.80. The Kier molecular flexibility index (Phi) is 4.59. The first kappa shape index (κ1) is 15.5. The van der Waals surface area contributed by atoms with Gasteiger partial charge in [0.2, 0.25) is 0 Å². The molecular weight excluding hydrogens is 268 g/mol. The number of hydrogen-bond acceptors (Lipinski definition) is 4. The molecule has 0 saturated heterocycles. The van der Waals surface area contributed by atoms with Crippen molar-refractivity contribution < 1.29 is 9.90 Å². The minimum Gasteiger partial charge on any atom is -0.392 e. The molecule has 0 aliphatic rings. The van der Waals surface area contributed by atoms with E-state index in [1.807, 2.05) is 31.7 Å². The number of hydrogen-bond donors (Lipinski definition) is 1. The van der Waals surface area contributed by atoms with Crippen molar-refractivity contribution in [2.24, 2.45) is 0 Å². The van der Waals surface area contributed by atoms with Crippen LogP contribution in [0.3, 0.4) is 0 Å². The maximum Gasteiger partial charge on any atom is 0.268 e. The summed E-state index contributed by atoms with van der Waals surface area (Å²) >= 11 is 0. The van der Waals surface area contributed by atoms with Gasteiger partial charge in [0.1, 0.15) is 0 Å². The zero-order chi connectivity index (χ0) is 15.6. The normalized spacial score (nSPS) is 12.9. The van der Waals surface area contributed by atoms with Crippen molar-refractivity contribution in [3.63, 3.8) is 0 Å². The van der Waals surface area contributed by atoms with Crippen molar-refractivity contribution in [1.82, 2.24) is 19.6 Å². The zero-order valence-electron chi connectivity index (χ0n) is 12.9. The molecule has 0 radical (unpaired) electrons. The van der Waals surface area contributed by atoms with Crippen LogP contribution in [0.15, 0.2) is 24.5 Å². The Morgan fingerprint density at radius 3 is 2.71 bits per heavy atom. The van der Waals surface area contributed by atoms with Gasteiger partial charge in [-0.05, 0) is 32.0 Å². The lowest BCUT2D eigenvalue weighted by Gasteiger charge is -2.27. The molecule has 2 rings (SSSR count). The number of carbonyl (C=O) groups excluding carboxylic acids is 1. The molecule has 0 spiro atoms. The first-order valence-electron chi connectivity index (χ1n) is 7.06. The van der Waals surface area contributed by atoms with Crippen LogP contribution in [0.25, 0.3) is 11.0 Å². The van der Waals surface area contributed by atoms with E-state index in [4.69, 9.17) is 0 Å². The predicted molar refractivity (Wildman–Crippen MR) is 81.8 cm³/mol. The van der Waals surface area contributed by atoms with E-state index in [2.05, 4.69) is 4.98 Å². The molecule has 0 aliphatic carbocycles. The highest BCUT2D eigenvalue weighted by molar-refractivity contribution is 5.97. The number of amides is 1. The summed E-state index contributed by atoms with van der Waals surface area (Å²) in [6.45, 7) is 4.77. The van der Waals surface area contributed by atoms with Gasteiger partial charge in [-0.15, -0.1) is 0 Å². The fraction of sp³-hybridized carbons (Fsp3) is 0.467. The number of aromatic nitrogens is 2. The summed E-state index contributed by atoms with van der Waals surface area (Å²) in [5.41, 5.74) is 2.29. The first-order chi connectivity index (χ1) is 9.93. The van der Waals surface area contributed by atoms with Crippen molar-refractivity contribution >= 4 is 16.9 Å². The van der Waals surface area contributed by atoms with Gasteiger partial charge >= 0.3 is 0 Å². The summed E-state index contributed by atoms with van der Waals surface area (Å²) in [6.07, 6.45) is 1.25. The quantitative estimate of drug-likeness (QED) is 0.845. The summed E-state index contributed by atoms with van der Waals surface area (Å²) in [4.78, 5) is 16.8. The van der Waals surface area contributed by atoms with Gasteiger partial charge in [0.15, 0.2) is 0 Å². The lowest BCUT2D eigenvalue weighted by atomic mass is 10.2. The Balaban J connectivity index is 2.33. The molecule has 1 aromatic heterocycles. The third kappa shape index (κ3) is 3.22. The number of aliphatic hydroxyl groups excluding tert-OH is 1. The summed E-state index contributed by atoms with van der Waals surface area (Å²) in [6, 6.07) is 5.47. The van der Waals surface area contributed by atoms with Crippen molar-refractivity contribution in [1.29, 1.82) is 0 Å². The molecule has 114 valence electrons. The SMILES string of the molecule is CCN(C(=O)c1ccc2c(c1)ncn2CC(C)O)N(C)C. The van der Waals surface area contributed by atoms with Gasteiger partial charge in [0.25, 0.3) is 5.91 Å². The van der Waals surface area contributed by atoms with Gasteiger partial charge < -0.3 is 9.67 Å². The van der Waals surface area contributed by atoms with Crippen LogP contribution in [0.5, 0.6) is 0 Å². The summed E-state index contributed by atoms with van der Waals surface area (Å²) < 4.78 is 1.89. The number of nitrogens with zero attached hydrogens (tertiary/aromatic N) is 4. The number of aliphatic hydroxyl groups is 1. The van der Waals surface area contributed by atoms with E-state index in [0.717, 1.165) is 11.0 Å². The van der Waals surface area contributed by atoms with Crippen LogP contribution in [0.4, 0.5) is 0 Å². The third-order valence-electron chi connectivity index (χ3n) is 3.35. The number of carbonyl (C=O) groups is 1. The van der Waals surface area contributed by atoms with Gasteiger partial charge in [-0.2, -0.15) is 0 Å². The van der Waals surface area contributed by atoms with Gasteiger partial charge in [0, 0.05) is 32.7 Å². The van der Waals surface area contributed by atoms with Gasteiger partial charge in [-0.1, -0.05) is 0 Å². The number of rotatable bonds is 5. The largest absolute Gasteiger partial charge is 0.392 e. The highest BCUT2D eigenvalue weighted by Gasteiger charge is 2.17. The maximum absolute atomic E-state index is 12.5. The Labute approximate surface area is 124 Å². The van der Waals surface area contributed by atoms with Gasteiger partial charge in [-0.3, -0.25) is 9.80 Å². The third-order valence-corrected chi connectivity index (χ3v) is 3.35. The zero-order valence-corrected chi connectivity index (χ0v) is 12.9. The maximum atomic E-state index is 12.5. The molecule has 21 heavy (non-hydrogen) atoms. The molecule has 1 amide bonds. The molecule has 0 aliphatic heterocycles. The van der Waals surface area contributed by atoms with Crippen LogP contribution in [-0.2, 0) is 6.54 Å². The number of hydrazine groups is 1. The molecule has 0 bridgehead atoms. The monoisotopic (exact) mass is 290 g/mol. The van der Waals surface area contributed by atoms with Crippen LogP contribution >= 0.6 is 0 Å². The molecular formula is C15H22N4O2. The topological polar surface area (TPSA) is 61.6 Å². The first-order valence-corrected chi connectivity index (χ1v) is 7.06. The Bertz CT molecular complexity index is 634. The van der Waals surface area contributed by atoms with Crippen molar-refractivity contribution in [2.45, 2.75) is 26.5 Å². The van der Waals surface area contributed by atoms with E-state index in [9.17, 15) is 9.90 Å². The number of imidazole rings is 1. The van der Waals surface area contributed by atoms with Crippen LogP contribution in [0.1, 0.15) is 24.2 Å². The van der Waals surface area contributed by atoms with Gasteiger partial charge in [0.05, 0.1) is 23.5 Å². The Morgan fingerprint density at radius 2 is 2.14 bits per heavy atom. The van der Waals surface area contributed by atoms with Gasteiger partial charge in [-0.25, -0.2) is 9.99 Å². The molecule has 6 heteroatoms. The molecule has 1 N–H and O–H groups in total. The van der Waals surface area contributed by atoms with Crippen LogP contribution in [-0.4, -0.2) is 57.3 Å². The molecule has 0 saturated carbocycles. The molecule has 1 aromatic carbocycles. The van der Waals surface area contributed by atoms with Crippen molar-refractivity contribution in [2.75, 3.05) is 20.6 Å². The highest BCUT2D eigenvalue weighted by Crippen LogP contribution is 2.17. The Hall–Kier alpha value is -1.92. The minimum atomic E-state index is -0.437. The fourth-order valence-electron chi connectivity index (χ4n) is 2.38. The van der Waals surface area contributed by atoms with E-state index in [1.54, 1.807) is 35.4 Å². The molecule has 2 aromatic rings. The van der Waals surface area contributed by atoms with Crippen LogP contribution in [0.2, 0.25) is 0 Å². The summed E-state index contributed by atoms with van der Waals surface area (Å²) in [5, 5.41) is 12.9. The number of fused-ring (bicyclic) bond motifs is 1. The fourth-order valence-corrected chi connectivity index (χ4v) is 2.38. The average molecular weight is 290 g/mol. The summed E-state index contributed by atoms with van der Waals surface area (Å²) in [5.74, 6) is -0.0468. The lowest BCUT2D eigenvalue weighted by Crippen LogP contribution is -2.41. The molecule has 0 fully saturated rings. The Morgan fingerprint density at radius 1 is 1.43 bits per heavy atom. The van der Waals surface area contributed by atoms with Crippen LogP contribution in [0, 0.1) is 0 Å². The predicted octanol–water partition coefficient (Wildman–Crippen LogP) is 1.36. The summed E-state index contributed by atoms with van der Waals surface area (Å²) in [7, 11) is 3.69. The highest BCUT2D eigenvalue weighted by atomic mass is 16.3. The molecule has 1 atom stereocenters. The standard InChI is InChI=1S/C15H22N4O2/c1-5-19(17(3)4)15(21)12-6-7-14-13(8-12)16-10-18(14)9-11(2)20/h6-8,10-11,20H,5,9H2,1-4H3. The number of benzene rings is 1. The van der Waals surface area contributed by atoms with E-state index >= 15 is 0 Å². The minimum absolute atomic E-state index is 0.0468. The second-order valence-electron chi connectivity index (χ2n) is 5.32. The van der Waals surface area contributed by atoms with Crippen LogP contribution < -0.4 is 0 Å². The van der Waals surface area contributed by atoms with Crippen molar-refractivity contribution in [3.05, 3.63) is 30.1 Å². The molecule has 6 nitrogen and oxygen atoms in total. The second kappa shape index (κ2) is 6.24. The second-order valence-corrected chi connectivity index (χ2v) is 5.32. The van der Waals surface area contributed by atoms with E-state index in [0.29, 0.717) is 18.7 Å². The molecule has 1 unspecified atom stereocenters.